The number of nitrogens with one attached hydrogen (secondary N) is 1. The van der Waals surface area contributed by atoms with Crippen LogP contribution in [0.4, 0.5) is 0 Å². The summed E-state index contributed by atoms with van der Waals surface area (Å²) in [4.78, 5) is 37.8. The molecule has 0 rings (SSSR count). The van der Waals surface area contributed by atoms with Gasteiger partial charge in [0.15, 0.2) is 0 Å². The van der Waals surface area contributed by atoms with Crippen LogP contribution in [0.2, 0.25) is 0 Å². The van der Waals surface area contributed by atoms with Crippen molar-refractivity contribution in [3.8, 4) is 0 Å². The monoisotopic (exact) mass is 1110 g/mol. The highest BCUT2D eigenvalue weighted by molar-refractivity contribution is 7.47. The van der Waals surface area contributed by atoms with Gasteiger partial charge < -0.3 is 19.4 Å². The standard InChI is InChI=1S/C67H133N2O7P/c1-7-10-13-16-19-22-25-28-30-31-32-33-34-35-36-37-39-41-44-47-50-53-56-59-66(70)68-64(63-75-77(72,73)74-62-61-69(4,5)6)65(58-55-52-49-46-43-40-27-24-21-18-15-12-9-3)76-67(71)60-57-54-51-48-45-42-38-29-26-23-20-17-14-11-8-2/h55,58,64-65H,7-54,56-57,59-63H2,1-6H3,(H-,68,70,72,73)/p+1/b58-55-. The molecule has 0 saturated carbocycles. The molecule has 0 spiro atoms. The molecule has 0 radical (unpaired) electrons. The van der Waals surface area contributed by atoms with E-state index in [1.807, 2.05) is 27.2 Å². The van der Waals surface area contributed by atoms with Gasteiger partial charge in [-0.25, -0.2) is 4.57 Å². The molecule has 2 N–H and O–H groups in total. The van der Waals surface area contributed by atoms with Crippen LogP contribution in [0.5, 0.6) is 0 Å². The molecule has 0 aliphatic rings. The molecule has 458 valence electrons. The number of carbonyl (C=O) groups excluding carboxylic acids is 2. The minimum atomic E-state index is -4.44. The van der Waals surface area contributed by atoms with Crippen molar-refractivity contribution >= 4 is 19.7 Å². The van der Waals surface area contributed by atoms with Gasteiger partial charge in [0.1, 0.15) is 19.3 Å². The van der Waals surface area contributed by atoms with Gasteiger partial charge in [-0.3, -0.25) is 18.6 Å². The van der Waals surface area contributed by atoms with E-state index in [0.29, 0.717) is 23.9 Å². The number of rotatable bonds is 63. The van der Waals surface area contributed by atoms with Crippen molar-refractivity contribution in [2.75, 3.05) is 40.9 Å². The predicted octanol–water partition coefficient (Wildman–Crippen LogP) is 21.1. The lowest BCUT2D eigenvalue weighted by atomic mass is 10.0. The van der Waals surface area contributed by atoms with Gasteiger partial charge in [0.2, 0.25) is 5.91 Å². The quantitative estimate of drug-likeness (QED) is 0.0205. The Balaban J connectivity index is 5.08. The lowest BCUT2D eigenvalue weighted by molar-refractivity contribution is -0.870. The molecule has 0 aromatic carbocycles. The first-order valence-corrected chi connectivity index (χ1v) is 35.5. The highest BCUT2D eigenvalue weighted by atomic mass is 31.2. The predicted molar refractivity (Wildman–Crippen MR) is 333 cm³/mol. The summed E-state index contributed by atoms with van der Waals surface area (Å²) in [5, 5.41) is 3.08. The first-order chi connectivity index (χ1) is 37.4. The molecule has 77 heavy (non-hydrogen) atoms. The molecule has 1 amide bonds. The summed E-state index contributed by atoms with van der Waals surface area (Å²) >= 11 is 0. The SMILES string of the molecule is CCCCCCCCCCCCC/C=C\C(OC(=O)CCCCCCCCCCCCCCCCC)C(COP(=O)(O)OCC[N+](C)(C)C)NC(=O)CCCCCCCCCCCCCCCCCCCCCCCCC. The third-order valence-corrected chi connectivity index (χ3v) is 16.7. The topological polar surface area (TPSA) is 111 Å². The Kier molecular flexibility index (Phi) is 57.0. The highest BCUT2D eigenvalue weighted by Gasteiger charge is 2.30. The largest absolute Gasteiger partial charge is 0.472 e. The zero-order valence-corrected chi connectivity index (χ0v) is 53.4. The van der Waals surface area contributed by atoms with E-state index < -0.39 is 20.0 Å². The van der Waals surface area contributed by atoms with Crippen molar-refractivity contribution in [2.45, 2.75) is 367 Å². The summed E-state index contributed by atoms with van der Waals surface area (Å²) in [6.45, 7) is 7.08. The maximum Gasteiger partial charge on any atom is 0.472 e. The molecule has 0 bridgehead atoms. The summed E-state index contributed by atoms with van der Waals surface area (Å²) in [5.41, 5.74) is 0. The number of quaternary nitrogens is 1. The van der Waals surface area contributed by atoms with Crippen LogP contribution in [0.3, 0.4) is 0 Å². The Morgan fingerprint density at radius 3 is 1.06 bits per heavy atom. The van der Waals surface area contributed by atoms with Gasteiger partial charge in [-0.2, -0.15) is 0 Å². The van der Waals surface area contributed by atoms with Gasteiger partial charge in [0.25, 0.3) is 0 Å². The van der Waals surface area contributed by atoms with Crippen LogP contribution in [0.1, 0.15) is 355 Å². The average Bonchev–Trinajstić information content (AvgIpc) is 3.39. The van der Waals surface area contributed by atoms with Gasteiger partial charge in [-0.15, -0.1) is 0 Å². The molecule has 0 aliphatic carbocycles. The second kappa shape index (κ2) is 58.0. The van der Waals surface area contributed by atoms with Gasteiger partial charge in [0.05, 0.1) is 33.8 Å². The summed E-state index contributed by atoms with van der Waals surface area (Å²) in [6.07, 6.45) is 67.8. The summed E-state index contributed by atoms with van der Waals surface area (Å²) in [6, 6.07) is -0.840. The minimum Gasteiger partial charge on any atom is -0.456 e. The van der Waals surface area contributed by atoms with Crippen molar-refractivity contribution in [3.63, 3.8) is 0 Å². The molecule has 10 heteroatoms. The Bertz CT molecular complexity index is 1320. The van der Waals surface area contributed by atoms with Gasteiger partial charge in [-0.05, 0) is 31.8 Å². The van der Waals surface area contributed by atoms with Gasteiger partial charge in [0, 0.05) is 12.8 Å². The second-order valence-electron chi connectivity index (χ2n) is 24.7. The number of hydrogen-bond donors (Lipinski definition) is 2. The van der Waals surface area contributed by atoms with E-state index in [0.717, 1.165) is 57.8 Å². The molecule has 3 atom stereocenters. The maximum absolute atomic E-state index is 13.6. The Morgan fingerprint density at radius 2 is 0.740 bits per heavy atom. The molecule has 0 heterocycles. The zero-order chi connectivity index (χ0) is 56.4. The van der Waals surface area contributed by atoms with Crippen LogP contribution >= 0.6 is 7.82 Å². The van der Waals surface area contributed by atoms with E-state index in [1.165, 1.54) is 263 Å². The number of phosphoric ester groups is 1. The van der Waals surface area contributed by atoms with E-state index in [1.54, 1.807) is 0 Å². The zero-order valence-electron chi connectivity index (χ0n) is 52.5. The van der Waals surface area contributed by atoms with Crippen molar-refractivity contribution in [3.05, 3.63) is 12.2 Å². The lowest BCUT2D eigenvalue weighted by Crippen LogP contribution is -2.47. The normalized spacial score (nSPS) is 13.6. The number of likely N-dealkylation sites (N-methyl/N-ethyl adjacent to an activating group) is 1. The van der Waals surface area contributed by atoms with Crippen molar-refractivity contribution in [2.24, 2.45) is 0 Å². The minimum absolute atomic E-state index is 0.0460. The van der Waals surface area contributed by atoms with Crippen LogP contribution in [0, 0.1) is 0 Å². The summed E-state index contributed by atoms with van der Waals surface area (Å²) < 4.78 is 30.8. The Hall–Kier alpha value is -1.25. The molecule has 0 aromatic heterocycles. The number of ether oxygens (including phenoxy) is 1. The molecule has 9 nitrogen and oxygen atoms in total. The molecule has 0 saturated heterocycles. The molecular weight excluding hydrogens is 976 g/mol. The second-order valence-corrected chi connectivity index (χ2v) is 26.2. The van der Waals surface area contributed by atoms with E-state index in [9.17, 15) is 19.0 Å². The number of phosphoric acid groups is 1. The molecular formula is C67H134N2O7P+. The van der Waals surface area contributed by atoms with Crippen molar-refractivity contribution < 1.29 is 37.3 Å². The van der Waals surface area contributed by atoms with Gasteiger partial charge in [-0.1, -0.05) is 322 Å². The smallest absolute Gasteiger partial charge is 0.456 e. The van der Waals surface area contributed by atoms with Gasteiger partial charge >= 0.3 is 13.8 Å². The third-order valence-electron chi connectivity index (χ3n) is 15.7. The fraction of sp³-hybridized carbons (Fsp3) is 0.940. The van der Waals surface area contributed by atoms with E-state index in [4.69, 9.17) is 13.8 Å². The summed E-state index contributed by atoms with van der Waals surface area (Å²) in [7, 11) is 1.52. The maximum atomic E-state index is 13.6. The number of esters is 1. The fourth-order valence-electron chi connectivity index (χ4n) is 10.5. The fourth-order valence-corrected chi connectivity index (χ4v) is 11.2. The van der Waals surface area contributed by atoms with Crippen LogP contribution in [0.25, 0.3) is 0 Å². The average molecular weight is 1110 g/mol. The highest BCUT2D eigenvalue weighted by Crippen LogP contribution is 2.43. The lowest BCUT2D eigenvalue weighted by Gasteiger charge is -2.27. The van der Waals surface area contributed by atoms with Crippen molar-refractivity contribution in [1.29, 1.82) is 0 Å². The molecule has 0 fully saturated rings. The first kappa shape index (κ1) is 75.8. The number of carbonyl (C=O) groups is 2. The summed E-state index contributed by atoms with van der Waals surface area (Å²) in [5.74, 6) is -0.479. The molecule has 3 unspecified atom stereocenters. The van der Waals surface area contributed by atoms with E-state index >= 15 is 0 Å². The van der Waals surface area contributed by atoms with Crippen LogP contribution in [-0.4, -0.2) is 74.3 Å². The van der Waals surface area contributed by atoms with E-state index in [-0.39, 0.29) is 25.1 Å². The third kappa shape index (κ3) is 59.2. The number of nitrogens with zero attached hydrogens (tertiary/aromatic N) is 1. The van der Waals surface area contributed by atoms with Crippen LogP contribution in [0.15, 0.2) is 12.2 Å². The number of amides is 1. The molecule has 0 aromatic rings. The Morgan fingerprint density at radius 1 is 0.442 bits per heavy atom. The first-order valence-electron chi connectivity index (χ1n) is 34.0. The molecule has 0 aliphatic heterocycles. The van der Waals surface area contributed by atoms with E-state index in [2.05, 4.69) is 32.2 Å². The Labute approximate surface area is 480 Å². The van der Waals surface area contributed by atoms with Crippen molar-refractivity contribution in [1.82, 2.24) is 5.32 Å². The number of allylic oxidation sites excluding steroid dienone is 1. The number of unbranched alkanes of at least 4 members (excludes halogenated alkanes) is 47. The van der Waals surface area contributed by atoms with Crippen LogP contribution < -0.4 is 5.32 Å². The number of hydrogen-bond acceptors (Lipinski definition) is 6. The van der Waals surface area contributed by atoms with Crippen LogP contribution in [-0.2, 0) is 27.9 Å².